The average molecular weight is 451 g/mol. The quantitative estimate of drug-likeness (QED) is 0.425. The highest BCUT2D eigenvalue weighted by atomic mass is 32.2. The van der Waals surface area contributed by atoms with E-state index in [1.165, 1.54) is 11.8 Å². The van der Waals surface area contributed by atoms with Crippen LogP contribution in [0.2, 0.25) is 0 Å². The summed E-state index contributed by atoms with van der Waals surface area (Å²) in [4.78, 5) is 30.6. The van der Waals surface area contributed by atoms with E-state index in [0.29, 0.717) is 33.8 Å². The molecule has 0 radical (unpaired) electrons. The Labute approximate surface area is 193 Å². The summed E-state index contributed by atoms with van der Waals surface area (Å²) >= 11 is 6.77. The first-order chi connectivity index (χ1) is 15.0. The lowest BCUT2D eigenvalue weighted by Crippen LogP contribution is -2.31. The third kappa shape index (κ3) is 4.46. The number of rotatable bonds is 7. The topological polar surface area (TPSA) is 40.6 Å². The molecule has 1 fully saturated rings. The summed E-state index contributed by atoms with van der Waals surface area (Å²) in [6.45, 7) is 5.54. The summed E-state index contributed by atoms with van der Waals surface area (Å²) in [5, 5.41) is 0. The largest absolute Gasteiger partial charge is 0.308 e. The molecule has 2 aliphatic heterocycles. The van der Waals surface area contributed by atoms with Crippen LogP contribution in [0.3, 0.4) is 0 Å². The van der Waals surface area contributed by atoms with Crippen LogP contribution in [0.15, 0.2) is 59.5 Å². The normalized spacial score (nSPS) is 18.5. The smallest absolute Gasteiger partial charge is 0.267 e. The zero-order valence-electron chi connectivity index (χ0n) is 17.8. The Morgan fingerprint density at radius 1 is 0.903 bits per heavy atom. The first kappa shape index (κ1) is 21.8. The second kappa shape index (κ2) is 9.37. The van der Waals surface area contributed by atoms with Crippen LogP contribution in [0.1, 0.15) is 37.8 Å². The highest BCUT2D eigenvalue weighted by Crippen LogP contribution is 2.44. The van der Waals surface area contributed by atoms with Gasteiger partial charge in [0.05, 0.1) is 16.2 Å². The number of amides is 2. The number of hydrogen-bond acceptors (Lipinski definition) is 4. The third-order valence-corrected chi connectivity index (χ3v) is 7.08. The summed E-state index contributed by atoms with van der Waals surface area (Å²) in [5.41, 5.74) is 3.38. The molecule has 31 heavy (non-hydrogen) atoms. The zero-order chi connectivity index (χ0) is 22.0. The van der Waals surface area contributed by atoms with E-state index < -0.39 is 0 Å². The Morgan fingerprint density at radius 3 is 2.35 bits per heavy atom. The summed E-state index contributed by atoms with van der Waals surface area (Å²) in [5.74, 6) is 0.343. The number of carbonyl (C=O) groups is 2. The maximum atomic E-state index is 13.4. The maximum absolute atomic E-state index is 13.4. The van der Waals surface area contributed by atoms with Crippen LogP contribution in [0, 0.1) is 5.92 Å². The van der Waals surface area contributed by atoms with Crippen molar-refractivity contribution in [3.05, 3.63) is 70.6 Å². The fourth-order valence-corrected chi connectivity index (χ4v) is 5.39. The first-order valence-electron chi connectivity index (χ1n) is 10.7. The van der Waals surface area contributed by atoms with Gasteiger partial charge in [-0.2, -0.15) is 0 Å². The standard InChI is InChI=1S/C25H26N2O2S2/c1-17(2)9-8-15-26-20-13-7-6-12-19(20)21(23(26)28)22-24(29)27(25(30)31-22)16-14-18-10-4-3-5-11-18/h3-7,10-13,17H,8-9,14-16H2,1-2H3. The maximum Gasteiger partial charge on any atom is 0.267 e. The van der Waals surface area contributed by atoms with Crippen LogP contribution in [0.5, 0.6) is 0 Å². The van der Waals surface area contributed by atoms with Crippen molar-refractivity contribution in [2.45, 2.75) is 33.1 Å². The fourth-order valence-electron chi connectivity index (χ4n) is 4.01. The molecule has 0 unspecified atom stereocenters. The van der Waals surface area contributed by atoms with Crippen LogP contribution in [-0.4, -0.2) is 34.1 Å². The minimum absolute atomic E-state index is 0.0893. The minimum atomic E-state index is -0.159. The van der Waals surface area contributed by atoms with Crippen molar-refractivity contribution < 1.29 is 9.59 Å². The molecule has 0 saturated carbocycles. The highest BCUT2D eigenvalue weighted by Gasteiger charge is 2.41. The number of para-hydroxylation sites is 1. The molecule has 0 aliphatic carbocycles. The predicted octanol–water partition coefficient (Wildman–Crippen LogP) is 5.28. The van der Waals surface area contributed by atoms with Crippen LogP contribution in [-0.2, 0) is 16.0 Å². The van der Waals surface area contributed by atoms with Crippen molar-refractivity contribution in [2.75, 3.05) is 18.0 Å². The number of benzene rings is 2. The predicted molar refractivity (Wildman–Crippen MR) is 132 cm³/mol. The summed E-state index contributed by atoms with van der Waals surface area (Å²) in [6.07, 6.45) is 2.72. The molecule has 0 bridgehead atoms. The molecule has 0 atom stereocenters. The molecule has 4 rings (SSSR count). The highest BCUT2D eigenvalue weighted by molar-refractivity contribution is 8.26. The van der Waals surface area contributed by atoms with E-state index in [1.54, 1.807) is 4.90 Å². The molecule has 2 heterocycles. The number of thiocarbonyl (C=S) groups is 1. The average Bonchev–Trinajstić information content (AvgIpc) is 3.19. The van der Waals surface area contributed by atoms with Gasteiger partial charge >= 0.3 is 0 Å². The SMILES string of the molecule is CC(C)CCCN1C(=O)C(=C2SC(=S)N(CCc3ccccc3)C2=O)c2ccccc21. The molecule has 0 spiro atoms. The van der Waals surface area contributed by atoms with Gasteiger partial charge < -0.3 is 4.90 Å². The van der Waals surface area contributed by atoms with E-state index >= 15 is 0 Å². The molecule has 2 aliphatic rings. The van der Waals surface area contributed by atoms with Crippen molar-refractivity contribution in [3.8, 4) is 0 Å². The third-order valence-electron chi connectivity index (χ3n) is 5.63. The van der Waals surface area contributed by atoms with Gasteiger partial charge in [-0.3, -0.25) is 14.5 Å². The van der Waals surface area contributed by atoms with Crippen molar-refractivity contribution in [2.24, 2.45) is 5.92 Å². The van der Waals surface area contributed by atoms with Gasteiger partial charge in [0.25, 0.3) is 11.8 Å². The first-order valence-corrected chi connectivity index (χ1v) is 11.9. The van der Waals surface area contributed by atoms with Crippen LogP contribution < -0.4 is 4.90 Å². The van der Waals surface area contributed by atoms with E-state index in [1.807, 2.05) is 59.5 Å². The van der Waals surface area contributed by atoms with Gasteiger partial charge in [0.15, 0.2) is 0 Å². The zero-order valence-corrected chi connectivity index (χ0v) is 19.5. The second-order valence-electron chi connectivity index (χ2n) is 8.27. The Bertz CT molecular complexity index is 1050. The monoisotopic (exact) mass is 450 g/mol. The summed E-state index contributed by atoms with van der Waals surface area (Å²) in [6, 6.07) is 17.8. The van der Waals surface area contributed by atoms with Crippen molar-refractivity contribution in [1.82, 2.24) is 4.90 Å². The lowest BCUT2D eigenvalue weighted by molar-refractivity contribution is -0.122. The summed E-state index contributed by atoms with van der Waals surface area (Å²) < 4.78 is 0.520. The molecule has 160 valence electrons. The van der Waals surface area contributed by atoms with Crippen LogP contribution in [0.4, 0.5) is 5.69 Å². The molecular weight excluding hydrogens is 424 g/mol. The molecule has 2 amide bonds. The number of hydrogen-bond donors (Lipinski definition) is 0. The van der Waals surface area contributed by atoms with Gasteiger partial charge in [-0.15, -0.1) is 0 Å². The second-order valence-corrected chi connectivity index (χ2v) is 9.92. The number of anilines is 1. The van der Waals surface area contributed by atoms with Gasteiger partial charge in [0, 0.05) is 18.7 Å². The Morgan fingerprint density at radius 2 is 1.61 bits per heavy atom. The Hall–Kier alpha value is -2.44. The van der Waals surface area contributed by atoms with Crippen molar-refractivity contribution >= 4 is 51.4 Å². The van der Waals surface area contributed by atoms with E-state index in [-0.39, 0.29) is 11.8 Å². The lowest BCUT2D eigenvalue weighted by Gasteiger charge is -2.17. The van der Waals surface area contributed by atoms with E-state index in [9.17, 15) is 9.59 Å². The molecule has 2 aromatic carbocycles. The molecule has 0 N–H and O–H groups in total. The van der Waals surface area contributed by atoms with E-state index in [0.717, 1.165) is 36.1 Å². The van der Waals surface area contributed by atoms with Crippen LogP contribution in [0.25, 0.3) is 5.57 Å². The number of carbonyl (C=O) groups excluding carboxylic acids is 2. The molecule has 2 aromatic rings. The lowest BCUT2D eigenvalue weighted by atomic mass is 10.1. The molecule has 6 heteroatoms. The molecule has 1 saturated heterocycles. The van der Waals surface area contributed by atoms with Crippen LogP contribution >= 0.6 is 24.0 Å². The number of fused-ring (bicyclic) bond motifs is 1. The molecule has 4 nitrogen and oxygen atoms in total. The van der Waals surface area contributed by atoms with Gasteiger partial charge in [-0.05, 0) is 36.8 Å². The number of nitrogens with zero attached hydrogens (tertiary/aromatic N) is 2. The molecular formula is C25H26N2O2S2. The fraction of sp³-hybridized carbons (Fsp3) is 0.320. The van der Waals surface area contributed by atoms with Crippen molar-refractivity contribution in [3.63, 3.8) is 0 Å². The van der Waals surface area contributed by atoms with Gasteiger partial charge in [0.1, 0.15) is 4.32 Å². The van der Waals surface area contributed by atoms with Gasteiger partial charge in [0.2, 0.25) is 0 Å². The van der Waals surface area contributed by atoms with Crippen molar-refractivity contribution in [1.29, 1.82) is 0 Å². The Kier molecular flexibility index (Phi) is 6.58. The van der Waals surface area contributed by atoms with E-state index in [4.69, 9.17) is 12.2 Å². The minimum Gasteiger partial charge on any atom is -0.308 e. The Balaban J connectivity index is 1.59. The van der Waals surface area contributed by atoms with Gasteiger partial charge in [-0.1, -0.05) is 86.4 Å². The molecule has 0 aromatic heterocycles. The van der Waals surface area contributed by atoms with Gasteiger partial charge in [-0.25, -0.2) is 0 Å². The van der Waals surface area contributed by atoms with E-state index in [2.05, 4.69) is 13.8 Å². The number of thioether (sulfide) groups is 1. The summed E-state index contributed by atoms with van der Waals surface area (Å²) in [7, 11) is 0.